The van der Waals surface area contributed by atoms with Crippen molar-refractivity contribution in [2.45, 2.75) is 0 Å². The Kier molecular flexibility index (Phi) is 7.21. The minimum absolute atomic E-state index is 0. The van der Waals surface area contributed by atoms with Crippen molar-refractivity contribution in [3.8, 4) is 0 Å². The zero-order valence-corrected chi connectivity index (χ0v) is 12.5. The van der Waals surface area contributed by atoms with Crippen molar-refractivity contribution in [2.24, 2.45) is 4.99 Å². The summed E-state index contributed by atoms with van der Waals surface area (Å²) in [6, 6.07) is 2.48. The number of nitro groups is 1. The molecule has 2 N–H and O–H groups in total. The summed E-state index contributed by atoms with van der Waals surface area (Å²) in [6.07, 6.45) is 0. The SMILES string of the molecule is Cl.Cl.O=[N+]([O-])c1cc(Cl)c(NC2=NCCN2)c(Cl)c1. The van der Waals surface area contributed by atoms with Crippen LogP contribution in [0.3, 0.4) is 0 Å². The first-order valence-electron chi connectivity index (χ1n) is 4.76. The Morgan fingerprint density at radius 3 is 2.32 bits per heavy atom. The molecule has 1 heterocycles. The van der Waals surface area contributed by atoms with Gasteiger partial charge in [0.2, 0.25) is 0 Å². The molecule has 0 unspecified atom stereocenters. The molecular formula is C9H10Cl4N4O2. The monoisotopic (exact) mass is 346 g/mol. The maximum Gasteiger partial charge on any atom is 0.272 e. The number of nitrogens with one attached hydrogen (secondary N) is 2. The van der Waals surface area contributed by atoms with Crippen molar-refractivity contribution in [1.82, 2.24) is 5.32 Å². The predicted octanol–water partition coefficient (Wildman–Crippen LogP) is 3.12. The number of nitrogens with zero attached hydrogens (tertiary/aromatic N) is 2. The highest BCUT2D eigenvalue weighted by Gasteiger charge is 2.16. The van der Waals surface area contributed by atoms with Crippen molar-refractivity contribution in [3.05, 3.63) is 32.3 Å². The predicted molar refractivity (Wildman–Crippen MR) is 81.5 cm³/mol. The van der Waals surface area contributed by atoms with E-state index >= 15 is 0 Å². The van der Waals surface area contributed by atoms with Crippen molar-refractivity contribution >= 4 is 65.4 Å². The second kappa shape index (κ2) is 7.59. The van der Waals surface area contributed by atoms with Gasteiger partial charge in [-0.2, -0.15) is 0 Å². The van der Waals surface area contributed by atoms with E-state index < -0.39 is 4.92 Å². The third-order valence-electron chi connectivity index (χ3n) is 2.16. The Morgan fingerprint density at radius 2 is 1.89 bits per heavy atom. The number of hydrogen-bond donors (Lipinski definition) is 2. The summed E-state index contributed by atoms with van der Waals surface area (Å²) in [4.78, 5) is 14.2. The van der Waals surface area contributed by atoms with Gasteiger partial charge in [0.25, 0.3) is 5.69 Å². The van der Waals surface area contributed by atoms with E-state index in [1.807, 2.05) is 0 Å². The standard InChI is InChI=1S/C9H8Cl2N4O2.2ClH/c10-6-3-5(15(16)17)4-7(11)8(6)14-9-12-1-2-13-9;;/h3-4H,1-2H2,(H2,12,13,14);2*1H. The molecule has 106 valence electrons. The van der Waals surface area contributed by atoms with Crippen LogP contribution in [-0.4, -0.2) is 24.0 Å². The van der Waals surface area contributed by atoms with Gasteiger partial charge in [-0.05, 0) is 0 Å². The third kappa shape index (κ3) is 4.28. The molecule has 6 nitrogen and oxygen atoms in total. The van der Waals surface area contributed by atoms with Crippen molar-refractivity contribution < 1.29 is 4.92 Å². The van der Waals surface area contributed by atoms with E-state index in [0.29, 0.717) is 18.2 Å². The highest BCUT2D eigenvalue weighted by Crippen LogP contribution is 2.34. The fourth-order valence-electron chi connectivity index (χ4n) is 1.38. The molecule has 0 saturated heterocycles. The van der Waals surface area contributed by atoms with Gasteiger partial charge >= 0.3 is 0 Å². The first-order valence-corrected chi connectivity index (χ1v) is 5.52. The number of halogens is 4. The van der Waals surface area contributed by atoms with Gasteiger partial charge in [-0.15, -0.1) is 24.8 Å². The molecule has 10 heteroatoms. The van der Waals surface area contributed by atoms with E-state index in [-0.39, 0.29) is 40.5 Å². The summed E-state index contributed by atoms with van der Waals surface area (Å²) in [7, 11) is 0. The molecule has 0 fully saturated rings. The highest BCUT2D eigenvalue weighted by molar-refractivity contribution is 6.40. The molecule has 1 aliphatic heterocycles. The van der Waals surface area contributed by atoms with Crippen LogP contribution in [0.4, 0.5) is 11.4 Å². The highest BCUT2D eigenvalue weighted by atomic mass is 35.5. The lowest BCUT2D eigenvalue weighted by molar-refractivity contribution is -0.384. The summed E-state index contributed by atoms with van der Waals surface area (Å²) >= 11 is 11.8. The molecule has 0 spiro atoms. The Balaban J connectivity index is 0.00000162. The number of benzene rings is 1. The molecule has 0 aliphatic carbocycles. The van der Waals surface area contributed by atoms with Crippen LogP contribution in [0, 0.1) is 10.1 Å². The van der Waals surface area contributed by atoms with E-state index in [1.165, 1.54) is 12.1 Å². The van der Waals surface area contributed by atoms with Crippen LogP contribution in [0.1, 0.15) is 0 Å². The van der Waals surface area contributed by atoms with Gasteiger partial charge in [-0.1, -0.05) is 23.2 Å². The lowest BCUT2D eigenvalue weighted by atomic mass is 10.3. The fourth-order valence-corrected chi connectivity index (χ4v) is 1.95. The molecule has 19 heavy (non-hydrogen) atoms. The summed E-state index contributed by atoms with van der Waals surface area (Å²) in [5.41, 5.74) is 0.263. The average molecular weight is 348 g/mol. The van der Waals surface area contributed by atoms with Crippen LogP contribution < -0.4 is 10.6 Å². The molecule has 2 rings (SSSR count). The minimum Gasteiger partial charge on any atom is -0.354 e. The third-order valence-corrected chi connectivity index (χ3v) is 2.75. The number of non-ortho nitro benzene ring substituents is 1. The Hall–Kier alpha value is -0.950. The molecule has 1 aromatic carbocycles. The largest absolute Gasteiger partial charge is 0.354 e. The van der Waals surface area contributed by atoms with Crippen molar-refractivity contribution in [3.63, 3.8) is 0 Å². The van der Waals surface area contributed by atoms with E-state index in [2.05, 4.69) is 15.6 Å². The summed E-state index contributed by atoms with van der Waals surface area (Å²) in [6.45, 7) is 1.41. The molecule has 1 aromatic rings. The number of hydrogen-bond acceptors (Lipinski definition) is 5. The second-order valence-electron chi connectivity index (χ2n) is 3.32. The van der Waals surface area contributed by atoms with Crippen LogP contribution >= 0.6 is 48.0 Å². The van der Waals surface area contributed by atoms with E-state index in [0.717, 1.165) is 6.54 Å². The number of rotatable bonds is 2. The maximum atomic E-state index is 10.6. The quantitative estimate of drug-likeness (QED) is 0.636. The van der Waals surface area contributed by atoms with Gasteiger partial charge in [0, 0.05) is 18.7 Å². The van der Waals surface area contributed by atoms with Crippen LogP contribution in [0.5, 0.6) is 0 Å². The molecular weight excluding hydrogens is 338 g/mol. The lowest BCUT2D eigenvalue weighted by Gasteiger charge is -2.10. The van der Waals surface area contributed by atoms with Crippen LogP contribution in [-0.2, 0) is 0 Å². The summed E-state index contributed by atoms with van der Waals surface area (Å²) in [5, 5.41) is 16.8. The topological polar surface area (TPSA) is 79.6 Å². The summed E-state index contributed by atoms with van der Waals surface area (Å²) < 4.78 is 0. The molecule has 0 bridgehead atoms. The van der Waals surface area contributed by atoms with Crippen LogP contribution in [0.25, 0.3) is 0 Å². The van der Waals surface area contributed by atoms with Gasteiger partial charge in [0.1, 0.15) is 0 Å². The first kappa shape index (κ1) is 18.0. The number of guanidine groups is 1. The van der Waals surface area contributed by atoms with Crippen molar-refractivity contribution in [2.75, 3.05) is 18.4 Å². The number of aliphatic imine (C=N–C) groups is 1. The summed E-state index contributed by atoms with van der Waals surface area (Å²) in [5.74, 6) is 0.558. The normalized spacial score (nSPS) is 12.6. The molecule has 0 aromatic heterocycles. The van der Waals surface area contributed by atoms with E-state index in [9.17, 15) is 10.1 Å². The minimum atomic E-state index is -0.549. The average Bonchev–Trinajstić information content (AvgIpc) is 2.75. The van der Waals surface area contributed by atoms with Crippen LogP contribution in [0.2, 0.25) is 10.0 Å². The Morgan fingerprint density at radius 1 is 1.32 bits per heavy atom. The first-order chi connectivity index (χ1) is 8.08. The molecule has 0 atom stereocenters. The fraction of sp³-hybridized carbons (Fsp3) is 0.222. The van der Waals surface area contributed by atoms with Crippen molar-refractivity contribution in [1.29, 1.82) is 0 Å². The number of nitro benzene ring substituents is 1. The zero-order chi connectivity index (χ0) is 12.4. The zero-order valence-electron chi connectivity index (χ0n) is 9.35. The van der Waals surface area contributed by atoms with Gasteiger partial charge in [-0.25, -0.2) is 0 Å². The molecule has 0 amide bonds. The second-order valence-corrected chi connectivity index (χ2v) is 4.14. The molecule has 1 aliphatic rings. The number of anilines is 1. The Labute approximate surface area is 131 Å². The smallest absolute Gasteiger partial charge is 0.272 e. The van der Waals surface area contributed by atoms with Gasteiger partial charge in [0.15, 0.2) is 5.96 Å². The lowest BCUT2D eigenvalue weighted by Crippen LogP contribution is -2.26. The van der Waals surface area contributed by atoms with E-state index in [4.69, 9.17) is 23.2 Å². The van der Waals surface area contributed by atoms with Crippen LogP contribution in [0.15, 0.2) is 17.1 Å². The van der Waals surface area contributed by atoms with Gasteiger partial charge in [0.05, 0.1) is 27.2 Å². The Bertz CT molecular complexity index is 486. The molecule has 0 saturated carbocycles. The molecule has 0 radical (unpaired) electrons. The van der Waals surface area contributed by atoms with Gasteiger partial charge in [-0.3, -0.25) is 15.1 Å². The van der Waals surface area contributed by atoms with E-state index in [1.54, 1.807) is 0 Å². The maximum absolute atomic E-state index is 10.6. The van der Waals surface area contributed by atoms with Gasteiger partial charge < -0.3 is 10.6 Å².